The first-order valence-corrected chi connectivity index (χ1v) is 6.08. The summed E-state index contributed by atoms with van der Waals surface area (Å²) in [6.45, 7) is 1.06. The van der Waals surface area contributed by atoms with Crippen LogP contribution in [0.3, 0.4) is 0 Å². The average Bonchev–Trinajstić information content (AvgIpc) is 2.40. The fourth-order valence-electron chi connectivity index (χ4n) is 1.76. The Balaban J connectivity index is 2.17. The molecule has 0 aliphatic heterocycles. The van der Waals surface area contributed by atoms with E-state index >= 15 is 0 Å². The van der Waals surface area contributed by atoms with Gasteiger partial charge in [0.25, 0.3) is 5.56 Å². The van der Waals surface area contributed by atoms with Crippen LogP contribution in [0.2, 0.25) is 0 Å². The molecule has 0 radical (unpaired) electrons. The number of hydrogen-bond donors (Lipinski definition) is 2. The van der Waals surface area contributed by atoms with Gasteiger partial charge in [0.05, 0.1) is 5.69 Å². The maximum Gasteiger partial charge on any atom is 0.251 e. The molecule has 0 aliphatic rings. The summed E-state index contributed by atoms with van der Waals surface area (Å²) >= 11 is 0. The minimum absolute atomic E-state index is 0.137. The van der Waals surface area contributed by atoms with Crippen molar-refractivity contribution < 1.29 is 13.6 Å². The average molecular weight is 293 g/mol. The van der Waals surface area contributed by atoms with Crippen LogP contribution in [0.5, 0.6) is 0 Å². The van der Waals surface area contributed by atoms with Gasteiger partial charge in [-0.05, 0) is 24.6 Å². The minimum Gasteiger partial charge on any atom is -0.398 e. The first-order chi connectivity index (χ1) is 9.86. The van der Waals surface area contributed by atoms with Gasteiger partial charge in [-0.25, -0.2) is 8.78 Å². The first-order valence-electron chi connectivity index (χ1n) is 6.08. The van der Waals surface area contributed by atoms with Crippen molar-refractivity contribution in [1.29, 1.82) is 0 Å². The zero-order chi connectivity index (χ0) is 15.6. The number of nitrogens with zero attached hydrogens (tertiary/aromatic N) is 1. The summed E-state index contributed by atoms with van der Waals surface area (Å²) in [5.74, 6) is -2.04. The molecule has 0 aliphatic carbocycles. The number of nitrogens with one attached hydrogen (secondary N) is 1. The van der Waals surface area contributed by atoms with Gasteiger partial charge < -0.3 is 15.6 Å². The van der Waals surface area contributed by atoms with Crippen molar-refractivity contribution >= 4 is 17.3 Å². The molecule has 1 heterocycles. The molecule has 1 aromatic carbocycles. The van der Waals surface area contributed by atoms with Crippen molar-refractivity contribution in [2.75, 3.05) is 11.1 Å². The number of nitrogens with two attached hydrogens (primary N) is 1. The van der Waals surface area contributed by atoms with E-state index in [4.69, 9.17) is 5.73 Å². The van der Waals surface area contributed by atoms with Crippen LogP contribution in [-0.4, -0.2) is 10.5 Å². The van der Waals surface area contributed by atoms with E-state index in [1.165, 1.54) is 25.3 Å². The van der Waals surface area contributed by atoms with E-state index in [1.54, 1.807) is 0 Å². The third-order valence-corrected chi connectivity index (χ3v) is 2.84. The number of carbonyl (C=O) groups excluding carboxylic acids is 1. The van der Waals surface area contributed by atoms with Crippen molar-refractivity contribution in [3.8, 4) is 0 Å². The summed E-state index contributed by atoms with van der Waals surface area (Å²) in [6.07, 6.45) is 1.30. The summed E-state index contributed by atoms with van der Waals surface area (Å²) in [5.41, 5.74) is 5.27. The monoisotopic (exact) mass is 293 g/mol. The molecule has 1 amide bonds. The third-order valence-electron chi connectivity index (χ3n) is 2.84. The predicted octanol–water partition coefficient (Wildman–Crippen LogP) is 1.66. The van der Waals surface area contributed by atoms with Gasteiger partial charge in [0.15, 0.2) is 0 Å². The molecule has 110 valence electrons. The standard InChI is InChI=1S/C14H13F2N3O2/c1-8-4-11(16)12(5-10(8)15)18-13(20)7-19-6-9(17)2-3-14(19)21/h2-6H,7,17H2,1H3,(H,18,20). The molecule has 0 fully saturated rings. The Kier molecular flexibility index (Phi) is 4.02. The molecule has 0 atom stereocenters. The third kappa shape index (κ3) is 3.44. The van der Waals surface area contributed by atoms with Crippen LogP contribution in [0.15, 0.2) is 35.3 Å². The van der Waals surface area contributed by atoms with E-state index in [9.17, 15) is 18.4 Å². The minimum atomic E-state index is -0.748. The van der Waals surface area contributed by atoms with Gasteiger partial charge in [0, 0.05) is 24.0 Å². The number of carbonyl (C=O) groups is 1. The highest BCUT2D eigenvalue weighted by molar-refractivity contribution is 5.90. The van der Waals surface area contributed by atoms with Gasteiger partial charge in [-0.1, -0.05) is 0 Å². The van der Waals surface area contributed by atoms with Gasteiger partial charge in [-0.15, -0.1) is 0 Å². The zero-order valence-corrected chi connectivity index (χ0v) is 11.2. The Labute approximate surface area is 119 Å². The largest absolute Gasteiger partial charge is 0.398 e. The number of rotatable bonds is 3. The van der Waals surface area contributed by atoms with Crippen LogP contribution < -0.4 is 16.6 Å². The fraction of sp³-hybridized carbons (Fsp3) is 0.143. The molecule has 2 aromatic rings. The number of hydrogen-bond acceptors (Lipinski definition) is 3. The maximum atomic E-state index is 13.6. The molecular weight excluding hydrogens is 280 g/mol. The topological polar surface area (TPSA) is 77.1 Å². The first kappa shape index (κ1) is 14.7. The normalized spacial score (nSPS) is 10.4. The lowest BCUT2D eigenvalue weighted by Gasteiger charge is -2.09. The van der Waals surface area contributed by atoms with Gasteiger partial charge in [0.1, 0.15) is 18.2 Å². The second-order valence-electron chi connectivity index (χ2n) is 4.56. The summed E-state index contributed by atoms with van der Waals surface area (Å²) in [6, 6.07) is 4.50. The van der Waals surface area contributed by atoms with Crippen molar-refractivity contribution in [3.63, 3.8) is 0 Å². The lowest BCUT2D eigenvalue weighted by Crippen LogP contribution is -2.27. The van der Waals surface area contributed by atoms with Crippen LogP contribution >= 0.6 is 0 Å². The Morgan fingerprint density at radius 3 is 2.71 bits per heavy atom. The van der Waals surface area contributed by atoms with Crippen LogP contribution in [0.4, 0.5) is 20.2 Å². The van der Waals surface area contributed by atoms with Crippen LogP contribution in [-0.2, 0) is 11.3 Å². The van der Waals surface area contributed by atoms with Gasteiger partial charge in [-0.2, -0.15) is 0 Å². The van der Waals surface area contributed by atoms with Crippen molar-refractivity contribution in [2.45, 2.75) is 13.5 Å². The summed E-state index contributed by atoms with van der Waals surface area (Å²) < 4.78 is 28.0. The van der Waals surface area contributed by atoms with E-state index < -0.39 is 23.1 Å². The highest BCUT2D eigenvalue weighted by Crippen LogP contribution is 2.18. The number of benzene rings is 1. The number of pyridine rings is 1. The van der Waals surface area contributed by atoms with Crippen molar-refractivity contribution in [2.24, 2.45) is 0 Å². The Bertz CT molecular complexity index is 756. The molecule has 1 aromatic heterocycles. The van der Waals surface area contributed by atoms with Gasteiger partial charge in [0.2, 0.25) is 5.91 Å². The SMILES string of the molecule is Cc1cc(F)c(NC(=O)Cn2cc(N)ccc2=O)cc1F. The number of amides is 1. The highest BCUT2D eigenvalue weighted by atomic mass is 19.1. The van der Waals surface area contributed by atoms with Crippen molar-refractivity contribution in [1.82, 2.24) is 4.57 Å². The van der Waals surface area contributed by atoms with E-state index in [0.717, 1.165) is 16.7 Å². The number of nitrogen functional groups attached to an aromatic ring is 1. The number of aromatic nitrogens is 1. The summed E-state index contributed by atoms with van der Waals surface area (Å²) in [7, 11) is 0. The van der Waals surface area contributed by atoms with Gasteiger partial charge >= 0.3 is 0 Å². The molecule has 0 saturated heterocycles. The highest BCUT2D eigenvalue weighted by Gasteiger charge is 2.11. The van der Waals surface area contributed by atoms with Crippen molar-refractivity contribution in [3.05, 3.63) is 58.0 Å². The second kappa shape index (κ2) is 5.74. The fourth-order valence-corrected chi connectivity index (χ4v) is 1.76. The molecule has 0 bridgehead atoms. The quantitative estimate of drug-likeness (QED) is 0.903. The maximum absolute atomic E-state index is 13.6. The molecule has 0 saturated carbocycles. The molecule has 2 rings (SSSR count). The number of aryl methyl sites for hydroxylation is 1. The Hall–Kier alpha value is -2.70. The predicted molar refractivity (Wildman–Crippen MR) is 74.8 cm³/mol. The zero-order valence-electron chi connectivity index (χ0n) is 11.2. The summed E-state index contributed by atoms with van der Waals surface area (Å²) in [5, 5.41) is 2.22. The summed E-state index contributed by atoms with van der Waals surface area (Å²) in [4.78, 5) is 23.3. The molecule has 0 unspecified atom stereocenters. The molecular formula is C14H13F2N3O2. The van der Waals surface area contributed by atoms with Crippen LogP contribution in [0.25, 0.3) is 0 Å². The molecule has 21 heavy (non-hydrogen) atoms. The number of halogens is 2. The molecule has 5 nitrogen and oxygen atoms in total. The lowest BCUT2D eigenvalue weighted by atomic mass is 10.2. The molecule has 7 heteroatoms. The van der Waals surface area contributed by atoms with Crippen LogP contribution in [0.1, 0.15) is 5.56 Å². The van der Waals surface area contributed by atoms with E-state index in [1.807, 2.05) is 0 Å². The van der Waals surface area contributed by atoms with E-state index in [-0.39, 0.29) is 17.8 Å². The Morgan fingerprint density at radius 1 is 1.29 bits per heavy atom. The second-order valence-corrected chi connectivity index (χ2v) is 4.56. The smallest absolute Gasteiger partial charge is 0.251 e. The lowest BCUT2D eigenvalue weighted by molar-refractivity contribution is -0.116. The Morgan fingerprint density at radius 2 is 2.00 bits per heavy atom. The van der Waals surface area contributed by atoms with E-state index in [2.05, 4.69) is 5.32 Å². The molecule has 0 spiro atoms. The van der Waals surface area contributed by atoms with Gasteiger partial charge in [-0.3, -0.25) is 9.59 Å². The molecule has 3 N–H and O–H groups in total. The number of anilines is 2. The van der Waals surface area contributed by atoms with Crippen LogP contribution in [0, 0.1) is 18.6 Å². The van der Waals surface area contributed by atoms with E-state index in [0.29, 0.717) is 5.69 Å².